The van der Waals surface area contributed by atoms with Gasteiger partial charge in [0.1, 0.15) is 12.1 Å². The van der Waals surface area contributed by atoms with Crippen molar-refractivity contribution in [2.45, 2.75) is 17.7 Å². The van der Waals surface area contributed by atoms with Crippen LogP contribution in [0.5, 0.6) is 0 Å². The Morgan fingerprint density at radius 3 is 2.67 bits per heavy atom. The molecule has 21 heavy (non-hydrogen) atoms. The second-order valence-electron chi connectivity index (χ2n) is 4.61. The van der Waals surface area contributed by atoms with Crippen LogP contribution in [0.2, 0.25) is 0 Å². The minimum absolute atomic E-state index is 0.272. The van der Waals surface area contributed by atoms with E-state index in [4.69, 9.17) is 4.42 Å². The molecule has 0 spiro atoms. The van der Waals surface area contributed by atoms with Crippen LogP contribution in [0.25, 0.3) is 11.5 Å². The molecule has 3 nitrogen and oxygen atoms in total. The highest BCUT2D eigenvalue weighted by atomic mass is 32.2. The van der Waals surface area contributed by atoms with E-state index in [0.29, 0.717) is 11.6 Å². The Morgan fingerprint density at radius 2 is 1.95 bits per heavy atom. The van der Waals surface area contributed by atoms with E-state index >= 15 is 0 Å². The molecule has 0 aliphatic heterocycles. The molecule has 0 bridgehead atoms. The van der Waals surface area contributed by atoms with Crippen molar-refractivity contribution in [3.05, 3.63) is 65.9 Å². The van der Waals surface area contributed by atoms with Crippen LogP contribution in [0.1, 0.15) is 11.3 Å². The van der Waals surface area contributed by atoms with E-state index in [1.807, 2.05) is 25.3 Å². The standard InChI is InChI=1S/C16H13FN2OS/c1-11-2-7-15(18-8-11)21-10-14-9-20-16(19-14)12-3-5-13(17)6-4-12/h2-9H,10H2,1H3. The Labute approximate surface area is 126 Å². The third-order valence-electron chi connectivity index (χ3n) is 2.90. The molecule has 0 aliphatic carbocycles. The Hall–Kier alpha value is -2.14. The topological polar surface area (TPSA) is 38.9 Å². The van der Waals surface area contributed by atoms with Gasteiger partial charge in [0.2, 0.25) is 5.89 Å². The monoisotopic (exact) mass is 300 g/mol. The van der Waals surface area contributed by atoms with Gasteiger partial charge in [-0.1, -0.05) is 17.8 Å². The van der Waals surface area contributed by atoms with E-state index in [0.717, 1.165) is 21.8 Å². The number of rotatable bonds is 4. The summed E-state index contributed by atoms with van der Waals surface area (Å²) in [4.78, 5) is 8.74. The van der Waals surface area contributed by atoms with Crippen molar-refractivity contribution in [1.29, 1.82) is 0 Å². The van der Waals surface area contributed by atoms with Gasteiger partial charge in [0.05, 0.1) is 10.7 Å². The minimum Gasteiger partial charge on any atom is -0.444 e. The molecule has 3 rings (SSSR count). The number of benzene rings is 1. The molecule has 2 heterocycles. The minimum atomic E-state index is -0.272. The number of thioether (sulfide) groups is 1. The fourth-order valence-electron chi connectivity index (χ4n) is 1.79. The smallest absolute Gasteiger partial charge is 0.226 e. The molecule has 0 fully saturated rings. The summed E-state index contributed by atoms with van der Waals surface area (Å²) in [7, 11) is 0. The summed E-state index contributed by atoms with van der Waals surface area (Å²) in [5.41, 5.74) is 2.74. The summed E-state index contributed by atoms with van der Waals surface area (Å²) in [6.07, 6.45) is 3.47. The van der Waals surface area contributed by atoms with Crippen molar-refractivity contribution in [2.24, 2.45) is 0 Å². The van der Waals surface area contributed by atoms with E-state index in [9.17, 15) is 4.39 Å². The van der Waals surface area contributed by atoms with Crippen LogP contribution >= 0.6 is 11.8 Å². The molecule has 2 aromatic heterocycles. The number of halogens is 1. The first-order valence-corrected chi connectivity index (χ1v) is 7.45. The normalized spacial score (nSPS) is 10.8. The Bertz CT molecular complexity index is 723. The molecule has 106 valence electrons. The number of aryl methyl sites for hydroxylation is 1. The zero-order chi connectivity index (χ0) is 14.7. The molecular formula is C16H13FN2OS. The number of nitrogens with zero attached hydrogens (tertiary/aromatic N) is 2. The van der Waals surface area contributed by atoms with Gasteiger partial charge in [-0.2, -0.15) is 0 Å². The number of oxazole rings is 1. The number of hydrogen-bond donors (Lipinski definition) is 0. The molecule has 0 N–H and O–H groups in total. The SMILES string of the molecule is Cc1ccc(SCc2coc(-c3ccc(F)cc3)n2)nc1. The van der Waals surface area contributed by atoms with Crippen LogP contribution in [-0.2, 0) is 5.75 Å². The van der Waals surface area contributed by atoms with Crippen molar-refractivity contribution in [2.75, 3.05) is 0 Å². The summed E-state index contributed by atoms with van der Waals surface area (Å²) in [6.45, 7) is 2.01. The molecule has 0 radical (unpaired) electrons. The largest absolute Gasteiger partial charge is 0.444 e. The first-order chi connectivity index (χ1) is 10.2. The highest BCUT2D eigenvalue weighted by molar-refractivity contribution is 7.98. The second kappa shape index (κ2) is 6.10. The van der Waals surface area contributed by atoms with Gasteiger partial charge in [0, 0.05) is 17.5 Å². The Balaban J connectivity index is 1.67. The van der Waals surface area contributed by atoms with Crippen LogP contribution < -0.4 is 0 Å². The fraction of sp³-hybridized carbons (Fsp3) is 0.125. The quantitative estimate of drug-likeness (QED) is 0.666. The molecule has 0 atom stereocenters. The van der Waals surface area contributed by atoms with Gasteiger partial charge in [-0.05, 0) is 42.8 Å². The lowest BCUT2D eigenvalue weighted by Gasteiger charge is -1.98. The lowest BCUT2D eigenvalue weighted by Crippen LogP contribution is -1.85. The third kappa shape index (κ3) is 3.49. The summed E-state index contributed by atoms with van der Waals surface area (Å²) >= 11 is 1.60. The molecular weight excluding hydrogens is 287 g/mol. The highest BCUT2D eigenvalue weighted by Crippen LogP contribution is 2.24. The Morgan fingerprint density at radius 1 is 1.14 bits per heavy atom. The second-order valence-corrected chi connectivity index (χ2v) is 5.61. The van der Waals surface area contributed by atoms with Crippen molar-refractivity contribution in [1.82, 2.24) is 9.97 Å². The average molecular weight is 300 g/mol. The molecule has 0 amide bonds. The zero-order valence-corrected chi connectivity index (χ0v) is 12.2. The predicted molar refractivity (Wildman–Crippen MR) is 80.4 cm³/mol. The van der Waals surface area contributed by atoms with Gasteiger partial charge in [0.15, 0.2) is 0 Å². The maximum Gasteiger partial charge on any atom is 0.226 e. The van der Waals surface area contributed by atoms with Crippen LogP contribution in [-0.4, -0.2) is 9.97 Å². The van der Waals surface area contributed by atoms with Crippen molar-refractivity contribution in [3.8, 4) is 11.5 Å². The molecule has 1 aromatic carbocycles. The van der Waals surface area contributed by atoms with Gasteiger partial charge in [-0.25, -0.2) is 14.4 Å². The van der Waals surface area contributed by atoms with E-state index in [1.165, 1.54) is 12.1 Å². The van der Waals surface area contributed by atoms with Gasteiger partial charge in [-0.15, -0.1) is 0 Å². The van der Waals surface area contributed by atoms with Crippen LogP contribution in [0.3, 0.4) is 0 Å². The first kappa shape index (κ1) is 13.8. The summed E-state index contributed by atoms with van der Waals surface area (Å²) < 4.78 is 18.3. The third-order valence-corrected chi connectivity index (χ3v) is 3.87. The molecule has 5 heteroatoms. The zero-order valence-electron chi connectivity index (χ0n) is 11.4. The van der Waals surface area contributed by atoms with E-state index in [1.54, 1.807) is 30.2 Å². The summed E-state index contributed by atoms with van der Waals surface area (Å²) in [5, 5.41) is 0.951. The van der Waals surface area contributed by atoms with Gasteiger partial charge in [0.25, 0.3) is 0 Å². The van der Waals surface area contributed by atoms with Gasteiger partial charge < -0.3 is 4.42 Å². The average Bonchev–Trinajstić information content (AvgIpc) is 2.96. The lowest BCUT2D eigenvalue weighted by atomic mass is 10.2. The van der Waals surface area contributed by atoms with Crippen molar-refractivity contribution in [3.63, 3.8) is 0 Å². The van der Waals surface area contributed by atoms with E-state index < -0.39 is 0 Å². The first-order valence-electron chi connectivity index (χ1n) is 6.46. The molecule has 3 aromatic rings. The van der Waals surface area contributed by atoms with Crippen molar-refractivity contribution < 1.29 is 8.81 Å². The molecule has 0 saturated carbocycles. The summed E-state index contributed by atoms with van der Waals surface area (Å²) in [6, 6.07) is 10.1. The lowest BCUT2D eigenvalue weighted by molar-refractivity contribution is 0.573. The molecule has 0 unspecified atom stereocenters. The molecule has 0 aliphatic rings. The van der Waals surface area contributed by atoms with Gasteiger partial charge >= 0.3 is 0 Å². The predicted octanol–water partition coefficient (Wildman–Crippen LogP) is 4.48. The number of hydrogen-bond acceptors (Lipinski definition) is 4. The molecule has 0 saturated heterocycles. The van der Waals surface area contributed by atoms with E-state index in [2.05, 4.69) is 9.97 Å². The van der Waals surface area contributed by atoms with Crippen LogP contribution in [0.15, 0.2) is 58.3 Å². The number of aromatic nitrogens is 2. The van der Waals surface area contributed by atoms with Gasteiger partial charge in [-0.3, -0.25) is 0 Å². The highest BCUT2D eigenvalue weighted by Gasteiger charge is 2.07. The Kier molecular flexibility index (Phi) is 4.01. The van der Waals surface area contributed by atoms with E-state index in [-0.39, 0.29) is 5.82 Å². The summed E-state index contributed by atoms with van der Waals surface area (Å²) in [5.74, 6) is 0.912. The van der Waals surface area contributed by atoms with Crippen molar-refractivity contribution >= 4 is 11.8 Å². The van der Waals surface area contributed by atoms with Crippen LogP contribution in [0, 0.1) is 12.7 Å². The maximum absolute atomic E-state index is 12.9. The number of pyridine rings is 1. The van der Waals surface area contributed by atoms with Crippen LogP contribution in [0.4, 0.5) is 4.39 Å². The maximum atomic E-state index is 12.9. The fourth-order valence-corrected chi connectivity index (χ4v) is 2.51.